The van der Waals surface area contributed by atoms with Gasteiger partial charge < -0.3 is 5.73 Å². The molecule has 1 aromatic carbocycles. The quantitative estimate of drug-likeness (QED) is 0.751. The van der Waals surface area contributed by atoms with Gasteiger partial charge in [-0.3, -0.25) is 9.69 Å². The second-order valence-electron chi connectivity index (χ2n) is 8.06. The van der Waals surface area contributed by atoms with Crippen LogP contribution in [0.3, 0.4) is 0 Å². The molecule has 0 amide bonds. The molecule has 4 rings (SSSR count). The van der Waals surface area contributed by atoms with Gasteiger partial charge in [0.2, 0.25) is 5.95 Å². The Hall–Kier alpha value is -3.05. The van der Waals surface area contributed by atoms with Crippen LogP contribution in [-0.4, -0.2) is 27.2 Å². The molecule has 1 aliphatic carbocycles. The fourth-order valence-corrected chi connectivity index (χ4v) is 4.60. The van der Waals surface area contributed by atoms with E-state index in [4.69, 9.17) is 5.73 Å². The van der Waals surface area contributed by atoms with Crippen molar-refractivity contribution in [3.63, 3.8) is 0 Å². The number of aromatic amines is 1. The molecule has 1 unspecified atom stereocenters. The first-order valence-corrected chi connectivity index (χ1v) is 10.5. The van der Waals surface area contributed by atoms with Crippen LogP contribution in [0.5, 0.6) is 0 Å². The van der Waals surface area contributed by atoms with Crippen LogP contribution in [0.2, 0.25) is 0 Å². The normalized spacial score (nSPS) is 21.2. The molecule has 7 nitrogen and oxygen atoms in total. The molecule has 148 valence electrons. The maximum absolute atomic E-state index is 13.3. The van der Waals surface area contributed by atoms with Crippen molar-refractivity contribution in [2.24, 2.45) is 11.1 Å². The summed E-state index contributed by atoms with van der Waals surface area (Å²) in [5.41, 5.74) is 8.94. The molecular weight excluding hydrogens is 384 g/mol. The zero-order valence-corrected chi connectivity index (χ0v) is 17.4. The van der Waals surface area contributed by atoms with Crippen LogP contribution in [0.1, 0.15) is 38.2 Å². The Morgan fingerprint density at radius 3 is 2.62 bits per heavy atom. The molecule has 29 heavy (non-hydrogen) atoms. The third-order valence-electron chi connectivity index (χ3n) is 5.44. The van der Waals surface area contributed by atoms with Crippen LogP contribution in [0.15, 0.2) is 58.2 Å². The lowest BCUT2D eigenvalue weighted by Crippen LogP contribution is -2.42. The third-order valence-corrected chi connectivity index (χ3v) is 6.19. The minimum absolute atomic E-state index is 0.0416. The highest BCUT2D eigenvalue weighted by atomic mass is 32.2. The second-order valence-corrected chi connectivity index (χ2v) is 8.94. The van der Waals surface area contributed by atoms with Gasteiger partial charge in [-0.1, -0.05) is 26.0 Å². The molecule has 0 saturated heterocycles. The zero-order chi connectivity index (χ0) is 20.8. The Morgan fingerprint density at radius 2 is 2.03 bits per heavy atom. The average Bonchev–Trinajstić information content (AvgIpc) is 3.20. The number of nitriles is 1. The van der Waals surface area contributed by atoms with E-state index in [0.717, 1.165) is 16.2 Å². The van der Waals surface area contributed by atoms with Crippen molar-refractivity contribution in [1.82, 2.24) is 15.2 Å². The smallest absolute Gasteiger partial charge is 0.231 e. The minimum Gasteiger partial charge on any atom is -0.384 e. The van der Waals surface area contributed by atoms with Crippen LogP contribution < -0.4 is 10.6 Å². The number of rotatable bonds is 3. The van der Waals surface area contributed by atoms with Crippen LogP contribution in [0.4, 0.5) is 5.95 Å². The maximum atomic E-state index is 13.3. The molecule has 2 aromatic rings. The lowest BCUT2D eigenvalue weighted by molar-refractivity contribution is -0.118. The fraction of sp³-hybridized carbons (Fsp3) is 0.333. The summed E-state index contributed by atoms with van der Waals surface area (Å²) in [6.45, 7) is 4.13. The average molecular weight is 407 g/mol. The van der Waals surface area contributed by atoms with E-state index in [1.807, 2.05) is 30.5 Å². The van der Waals surface area contributed by atoms with Crippen LogP contribution in [-0.2, 0) is 4.79 Å². The van der Waals surface area contributed by atoms with Crippen molar-refractivity contribution in [2.45, 2.75) is 37.5 Å². The number of hydrogen-bond acceptors (Lipinski definition) is 7. The van der Waals surface area contributed by atoms with Gasteiger partial charge in [0.15, 0.2) is 5.78 Å². The molecular formula is C21H22N6OS. The minimum atomic E-state index is -0.478. The number of anilines is 1. The summed E-state index contributed by atoms with van der Waals surface area (Å²) in [6.07, 6.45) is 4.47. The third kappa shape index (κ3) is 3.21. The van der Waals surface area contributed by atoms with Crippen LogP contribution in [0.25, 0.3) is 0 Å². The highest BCUT2D eigenvalue weighted by molar-refractivity contribution is 7.98. The molecule has 8 heteroatoms. The van der Waals surface area contributed by atoms with Crippen LogP contribution in [0, 0.1) is 16.7 Å². The van der Waals surface area contributed by atoms with E-state index >= 15 is 0 Å². The summed E-state index contributed by atoms with van der Waals surface area (Å²) >= 11 is 1.64. The number of nitrogens with one attached hydrogen (secondary N) is 1. The number of Topliss-reactive ketones (excluding diaryl/α,β-unsaturated/α-hetero) is 1. The molecule has 3 N–H and O–H groups in total. The molecule has 1 atom stereocenters. The molecule has 1 aliphatic heterocycles. The van der Waals surface area contributed by atoms with Gasteiger partial charge in [0.25, 0.3) is 0 Å². The maximum Gasteiger partial charge on any atom is 0.231 e. The number of aromatic nitrogens is 3. The van der Waals surface area contributed by atoms with Gasteiger partial charge in [0, 0.05) is 22.6 Å². The number of carbonyl (C=O) groups excluding carboxylic acids is 1. The van der Waals surface area contributed by atoms with E-state index in [9.17, 15) is 10.1 Å². The van der Waals surface area contributed by atoms with Gasteiger partial charge in [-0.2, -0.15) is 15.3 Å². The lowest BCUT2D eigenvalue weighted by atomic mass is 9.68. The van der Waals surface area contributed by atoms with Crippen molar-refractivity contribution < 1.29 is 4.79 Å². The van der Waals surface area contributed by atoms with E-state index in [1.165, 1.54) is 6.33 Å². The number of H-pyrrole nitrogens is 1. The van der Waals surface area contributed by atoms with Crippen molar-refractivity contribution in [3.05, 3.63) is 58.8 Å². The van der Waals surface area contributed by atoms with Crippen molar-refractivity contribution >= 4 is 23.5 Å². The van der Waals surface area contributed by atoms with Gasteiger partial charge in [0.05, 0.1) is 17.6 Å². The number of benzene rings is 1. The summed E-state index contributed by atoms with van der Waals surface area (Å²) in [5.74, 6) is 0.255. The molecule has 0 fully saturated rings. The first-order chi connectivity index (χ1) is 13.9. The Balaban J connectivity index is 1.96. The van der Waals surface area contributed by atoms with E-state index in [1.54, 1.807) is 16.7 Å². The highest BCUT2D eigenvalue weighted by Gasteiger charge is 2.45. The van der Waals surface area contributed by atoms with E-state index in [2.05, 4.69) is 35.1 Å². The number of hydrogen-bond donors (Lipinski definition) is 2. The second kappa shape index (κ2) is 7.08. The van der Waals surface area contributed by atoms with Crippen molar-refractivity contribution in [2.75, 3.05) is 11.2 Å². The van der Waals surface area contributed by atoms with Gasteiger partial charge in [-0.25, -0.2) is 5.10 Å². The van der Waals surface area contributed by atoms with Gasteiger partial charge in [-0.05, 0) is 35.8 Å². The van der Waals surface area contributed by atoms with E-state index in [-0.39, 0.29) is 17.0 Å². The largest absolute Gasteiger partial charge is 0.384 e. The number of nitrogens with zero attached hydrogens (tertiary/aromatic N) is 4. The number of ketones is 1. The first-order valence-electron chi connectivity index (χ1n) is 9.31. The van der Waals surface area contributed by atoms with Gasteiger partial charge in [0.1, 0.15) is 12.1 Å². The number of carbonyl (C=O) groups is 1. The number of allylic oxidation sites excluding steroid dienone is 3. The van der Waals surface area contributed by atoms with Crippen LogP contribution >= 0.6 is 11.8 Å². The van der Waals surface area contributed by atoms with Gasteiger partial charge >= 0.3 is 0 Å². The molecule has 0 saturated carbocycles. The summed E-state index contributed by atoms with van der Waals surface area (Å²) in [5, 5.41) is 16.7. The number of nitrogens with two attached hydrogens (primary N) is 1. The van der Waals surface area contributed by atoms with E-state index in [0.29, 0.717) is 29.9 Å². The Labute approximate surface area is 173 Å². The molecule has 2 heterocycles. The summed E-state index contributed by atoms with van der Waals surface area (Å²) < 4.78 is 0. The Bertz CT molecular complexity index is 1060. The molecule has 2 aliphatic rings. The molecule has 0 spiro atoms. The first kappa shape index (κ1) is 19.3. The summed E-state index contributed by atoms with van der Waals surface area (Å²) in [7, 11) is 0. The monoisotopic (exact) mass is 406 g/mol. The molecule has 0 bridgehead atoms. The predicted molar refractivity (Wildman–Crippen MR) is 112 cm³/mol. The standard InChI is InChI=1S/C21H22N6OS/c1-21(2)8-15-18(16(28)9-21)17(12-4-6-13(29-3)7-5-12)14(10-22)19(23)27(15)20-24-11-25-26-20/h4-7,11,17H,8-9,23H2,1-3H3,(H,24,25,26). The van der Waals surface area contributed by atoms with E-state index < -0.39 is 5.92 Å². The lowest BCUT2D eigenvalue weighted by Gasteiger charge is -2.42. The highest BCUT2D eigenvalue weighted by Crippen LogP contribution is 2.49. The van der Waals surface area contributed by atoms with Gasteiger partial charge in [-0.15, -0.1) is 11.8 Å². The van der Waals surface area contributed by atoms with Crippen molar-refractivity contribution in [1.29, 1.82) is 5.26 Å². The summed E-state index contributed by atoms with van der Waals surface area (Å²) in [4.78, 5) is 20.4. The SMILES string of the molecule is CSc1ccc(C2C(C#N)=C(N)N(c3ncn[nH]3)C3=C2C(=O)CC(C)(C)C3)cc1. The van der Waals surface area contributed by atoms with Crippen molar-refractivity contribution in [3.8, 4) is 6.07 Å². The molecule has 1 aromatic heterocycles. The predicted octanol–water partition coefficient (Wildman–Crippen LogP) is 3.47. The number of thioether (sulfide) groups is 1. The fourth-order valence-electron chi connectivity index (χ4n) is 4.19. The molecule has 0 radical (unpaired) electrons. The summed E-state index contributed by atoms with van der Waals surface area (Å²) in [6, 6.07) is 10.2. The zero-order valence-electron chi connectivity index (χ0n) is 16.6. The Morgan fingerprint density at radius 1 is 1.31 bits per heavy atom. The Kier molecular flexibility index (Phi) is 4.71. The topological polar surface area (TPSA) is 112 Å².